The first-order valence-corrected chi connectivity index (χ1v) is 7.88. The smallest absolute Gasteiger partial charge is 0.299 e. The topological polar surface area (TPSA) is 129 Å². The van der Waals surface area contributed by atoms with Crippen LogP contribution in [0.5, 0.6) is 10.9 Å². The van der Waals surface area contributed by atoms with Crippen LogP contribution in [0, 0.1) is 0 Å². The maximum absolute atomic E-state index is 12.4. The van der Waals surface area contributed by atoms with Crippen molar-refractivity contribution in [3.05, 3.63) is 57.3 Å². The van der Waals surface area contributed by atoms with Crippen molar-refractivity contribution in [1.82, 2.24) is 20.1 Å². The number of carbonyl (C=O) groups is 2. The van der Waals surface area contributed by atoms with Crippen LogP contribution in [0.25, 0.3) is 5.69 Å². The number of benzene rings is 1. The second-order valence-corrected chi connectivity index (χ2v) is 5.87. The summed E-state index contributed by atoms with van der Waals surface area (Å²) in [4.78, 5) is 36.0. The number of rotatable bonds is 3. The number of nitrogens with one attached hydrogen (secondary N) is 1. The third kappa shape index (κ3) is 2.44. The molecule has 3 aromatic rings. The summed E-state index contributed by atoms with van der Waals surface area (Å²) in [7, 11) is 0. The zero-order valence-electron chi connectivity index (χ0n) is 12.4. The Morgan fingerprint density at radius 1 is 1.16 bits per heavy atom. The monoisotopic (exact) mass is 355 g/mol. The van der Waals surface area contributed by atoms with Crippen molar-refractivity contribution in [2.45, 2.75) is 0 Å². The number of anilines is 1. The van der Waals surface area contributed by atoms with Crippen LogP contribution in [0.1, 0.15) is 20.7 Å². The second kappa shape index (κ2) is 5.53. The number of aromatic nitrogens is 3. The van der Waals surface area contributed by atoms with E-state index in [1.807, 2.05) is 0 Å². The van der Waals surface area contributed by atoms with E-state index < -0.39 is 17.4 Å². The predicted molar refractivity (Wildman–Crippen MR) is 88.2 cm³/mol. The molecule has 0 fully saturated rings. The number of nitrogens with zero attached hydrogens (tertiary/aromatic N) is 3. The summed E-state index contributed by atoms with van der Waals surface area (Å²) in [5.74, 6) is -0.961. The minimum Gasteiger partial charge on any atom is -0.430 e. The Morgan fingerprint density at radius 3 is 2.76 bits per heavy atom. The SMILES string of the molecule is Nc1c2c(cc(=O)n1-c1cccc(Oc3nncs3)c1)C(=O)NC2=O. The number of hydrogen-bond donors (Lipinski definition) is 2. The molecule has 10 heteroatoms. The van der Waals surface area contributed by atoms with Crippen molar-refractivity contribution >= 4 is 29.0 Å². The molecule has 25 heavy (non-hydrogen) atoms. The standard InChI is InChI=1S/C15H9N5O4S/c16-12-11-9(13(22)18-14(11)23)5-10(21)20(12)7-2-1-3-8(4-7)24-15-19-17-6-25-15/h1-6H,16H2,(H,18,22,23). The fourth-order valence-electron chi connectivity index (χ4n) is 2.54. The average Bonchev–Trinajstić information content (AvgIpc) is 3.16. The van der Waals surface area contributed by atoms with Gasteiger partial charge in [0, 0.05) is 12.1 Å². The lowest BCUT2D eigenvalue weighted by atomic mass is 10.1. The molecular weight excluding hydrogens is 346 g/mol. The highest BCUT2D eigenvalue weighted by molar-refractivity contribution is 7.11. The van der Waals surface area contributed by atoms with Crippen LogP contribution in [0.3, 0.4) is 0 Å². The Bertz CT molecular complexity index is 1070. The number of nitrogen functional groups attached to an aromatic ring is 1. The molecule has 124 valence electrons. The highest BCUT2D eigenvalue weighted by atomic mass is 32.1. The number of imide groups is 1. The molecule has 0 bridgehead atoms. The summed E-state index contributed by atoms with van der Waals surface area (Å²) in [6.45, 7) is 0. The van der Waals surface area contributed by atoms with Gasteiger partial charge in [-0.1, -0.05) is 22.5 Å². The highest BCUT2D eigenvalue weighted by Crippen LogP contribution is 2.27. The first kappa shape index (κ1) is 15.0. The molecule has 4 rings (SSSR count). The Kier molecular flexibility index (Phi) is 3.32. The second-order valence-electron chi connectivity index (χ2n) is 5.08. The molecule has 2 amide bonds. The fourth-order valence-corrected chi connectivity index (χ4v) is 2.96. The number of amides is 2. The van der Waals surface area contributed by atoms with Gasteiger partial charge >= 0.3 is 0 Å². The molecule has 0 saturated carbocycles. The van der Waals surface area contributed by atoms with Gasteiger partial charge in [-0.15, -0.1) is 5.10 Å². The van der Waals surface area contributed by atoms with Gasteiger partial charge in [0.1, 0.15) is 17.1 Å². The molecule has 0 spiro atoms. The fraction of sp³-hybridized carbons (Fsp3) is 0. The molecule has 0 radical (unpaired) electrons. The number of fused-ring (bicyclic) bond motifs is 1. The van der Waals surface area contributed by atoms with Crippen LogP contribution < -0.4 is 21.3 Å². The third-order valence-electron chi connectivity index (χ3n) is 3.57. The lowest BCUT2D eigenvalue weighted by Crippen LogP contribution is -2.24. The van der Waals surface area contributed by atoms with Crippen LogP contribution in [-0.2, 0) is 0 Å². The first-order valence-electron chi connectivity index (χ1n) is 7.00. The molecule has 3 N–H and O–H groups in total. The quantitative estimate of drug-likeness (QED) is 0.669. The summed E-state index contributed by atoms with van der Waals surface area (Å²) in [5.41, 5.74) is 7.34. The van der Waals surface area contributed by atoms with Gasteiger partial charge in [0.2, 0.25) is 0 Å². The largest absolute Gasteiger partial charge is 0.430 e. The van der Waals surface area contributed by atoms with Crippen LogP contribution >= 0.6 is 11.3 Å². The van der Waals surface area contributed by atoms with Gasteiger partial charge in [-0.3, -0.25) is 24.3 Å². The molecule has 1 aliphatic rings. The summed E-state index contributed by atoms with van der Waals surface area (Å²) >= 11 is 1.21. The summed E-state index contributed by atoms with van der Waals surface area (Å²) < 4.78 is 6.69. The molecule has 0 aliphatic carbocycles. The van der Waals surface area contributed by atoms with Crippen LogP contribution in [0.15, 0.2) is 40.6 Å². The van der Waals surface area contributed by atoms with E-state index in [0.29, 0.717) is 16.6 Å². The lowest BCUT2D eigenvalue weighted by Gasteiger charge is -2.12. The van der Waals surface area contributed by atoms with Crippen molar-refractivity contribution in [3.8, 4) is 16.6 Å². The summed E-state index contributed by atoms with van der Waals surface area (Å²) in [6.07, 6.45) is 0. The maximum Gasteiger partial charge on any atom is 0.299 e. The third-order valence-corrected chi connectivity index (χ3v) is 4.14. The Balaban J connectivity index is 1.83. The van der Waals surface area contributed by atoms with Crippen molar-refractivity contribution in [3.63, 3.8) is 0 Å². The molecule has 2 aromatic heterocycles. The van der Waals surface area contributed by atoms with Gasteiger partial charge in [-0.05, 0) is 12.1 Å². The van der Waals surface area contributed by atoms with E-state index in [4.69, 9.17) is 10.5 Å². The van der Waals surface area contributed by atoms with Crippen LogP contribution in [0.4, 0.5) is 5.82 Å². The molecular formula is C15H9N5O4S. The van der Waals surface area contributed by atoms with Gasteiger partial charge in [-0.25, -0.2) is 0 Å². The van der Waals surface area contributed by atoms with E-state index in [1.54, 1.807) is 24.3 Å². The Hall–Kier alpha value is -3.53. The molecule has 0 unspecified atom stereocenters. The van der Waals surface area contributed by atoms with Gasteiger partial charge in [-0.2, -0.15) is 0 Å². The number of hydrogen-bond acceptors (Lipinski definition) is 8. The number of carbonyl (C=O) groups excluding carboxylic acids is 2. The predicted octanol–water partition coefficient (Wildman–Crippen LogP) is 0.947. The summed E-state index contributed by atoms with van der Waals surface area (Å²) in [6, 6.07) is 7.63. The van der Waals surface area contributed by atoms with E-state index in [-0.39, 0.29) is 16.9 Å². The van der Waals surface area contributed by atoms with Crippen LogP contribution in [-0.4, -0.2) is 26.6 Å². The van der Waals surface area contributed by atoms with Crippen molar-refractivity contribution in [2.75, 3.05) is 5.73 Å². The first-order chi connectivity index (χ1) is 12.0. The highest BCUT2D eigenvalue weighted by Gasteiger charge is 2.31. The van der Waals surface area contributed by atoms with Gasteiger partial charge in [0.15, 0.2) is 0 Å². The number of nitrogens with two attached hydrogens (primary N) is 1. The van der Waals surface area contributed by atoms with Crippen LogP contribution in [0.2, 0.25) is 0 Å². The van der Waals surface area contributed by atoms with E-state index in [0.717, 1.165) is 10.6 Å². The van der Waals surface area contributed by atoms with Crippen molar-refractivity contribution in [2.24, 2.45) is 0 Å². The molecule has 1 aromatic carbocycles. The van der Waals surface area contributed by atoms with E-state index in [1.165, 1.54) is 16.8 Å². The minimum absolute atomic E-state index is 0.0138. The maximum atomic E-state index is 12.4. The normalized spacial score (nSPS) is 12.8. The lowest BCUT2D eigenvalue weighted by molar-refractivity contribution is 0.0880. The van der Waals surface area contributed by atoms with Gasteiger partial charge in [0.25, 0.3) is 22.6 Å². The molecule has 1 aliphatic heterocycles. The number of pyridine rings is 1. The average molecular weight is 355 g/mol. The number of ether oxygens (including phenoxy) is 1. The minimum atomic E-state index is -0.635. The van der Waals surface area contributed by atoms with E-state index in [9.17, 15) is 14.4 Å². The van der Waals surface area contributed by atoms with Crippen molar-refractivity contribution in [1.29, 1.82) is 0 Å². The van der Waals surface area contributed by atoms with Gasteiger partial charge < -0.3 is 10.5 Å². The van der Waals surface area contributed by atoms with E-state index in [2.05, 4.69) is 15.5 Å². The zero-order valence-corrected chi connectivity index (χ0v) is 13.2. The molecule has 3 heterocycles. The van der Waals surface area contributed by atoms with Crippen molar-refractivity contribution < 1.29 is 14.3 Å². The van der Waals surface area contributed by atoms with E-state index >= 15 is 0 Å². The molecule has 0 saturated heterocycles. The zero-order chi connectivity index (χ0) is 17.6. The molecule has 9 nitrogen and oxygen atoms in total. The Labute approximate surface area is 143 Å². The summed E-state index contributed by atoms with van der Waals surface area (Å²) in [5, 5.41) is 9.92. The molecule has 0 atom stereocenters. The van der Waals surface area contributed by atoms with Gasteiger partial charge in [0.05, 0.1) is 16.8 Å². The Morgan fingerprint density at radius 2 is 2.00 bits per heavy atom.